The molecule has 0 amide bonds. The molecule has 5 nitrogen and oxygen atoms in total. The molecule has 0 aromatic heterocycles. The SMILES string of the molecule is COC(=O)C#CC1(F)CNC1.O=C(O)C(F)(F)F. The number of rotatable bonds is 0. The van der Waals surface area contributed by atoms with Crippen molar-refractivity contribution in [1.29, 1.82) is 0 Å². The van der Waals surface area contributed by atoms with Gasteiger partial charge in [-0.2, -0.15) is 13.2 Å². The molecule has 1 fully saturated rings. The van der Waals surface area contributed by atoms with Crippen LogP contribution in [0.1, 0.15) is 0 Å². The molecule has 1 rings (SSSR count). The van der Waals surface area contributed by atoms with E-state index < -0.39 is 23.8 Å². The third-order valence-corrected chi connectivity index (χ3v) is 1.63. The number of carbonyl (C=O) groups excluding carboxylic acids is 1. The minimum atomic E-state index is -5.08. The molecule has 2 N–H and O–H groups in total. The highest BCUT2D eigenvalue weighted by molar-refractivity contribution is 5.88. The molecule has 9 heteroatoms. The number of esters is 1. The van der Waals surface area contributed by atoms with Gasteiger partial charge in [-0.3, -0.25) is 0 Å². The molecule has 0 aromatic rings. The van der Waals surface area contributed by atoms with Crippen molar-refractivity contribution in [2.24, 2.45) is 0 Å². The van der Waals surface area contributed by atoms with Gasteiger partial charge in [0, 0.05) is 19.0 Å². The Morgan fingerprint density at radius 2 is 1.83 bits per heavy atom. The average molecular weight is 271 g/mol. The van der Waals surface area contributed by atoms with Crippen LogP contribution >= 0.6 is 0 Å². The van der Waals surface area contributed by atoms with Crippen LogP contribution in [-0.4, -0.2) is 49.1 Å². The average Bonchev–Trinajstić information content (AvgIpc) is 2.22. The summed E-state index contributed by atoms with van der Waals surface area (Å²) in [4.78, 5) is 19.3. The Kier molecular flexibility index (Phi) is 5.58. The lowest BCUT2D eigenvalue weighted by Gasteiger charge is -2.29. The summed E-state index contributed by atoms with van der Waals surface area (Å²) < 4.78 is 48.9. The Hall–Kier alpha value is -1.82. The molecule has 0 aromatic carbocycles. The smallest absolute Gasteiger partial charge is 0.475 e. The highest BCUT2D eigenvalue weighted by Crippen LogP contribution is 2.14. The fourth-order valence-electron chi connectivity index (χ4n) is 0.647. The van der Waals surface area contributed by atoms with Gasteiger partial charge in [-0.25, -0.2) is 14.0 Å². The van der Waals surface area contributed by atoms with E-state index in [2.05, 4.69) is 16.0 Å². The fourth-order valence-corrected chi connectivity index (χ4v) is 0.647. The Balaban J connectivity index is 0.000000360. The van der Waals surface area contributed by atoms with Gasteiger partial charge in [0.05, 0.1) is 7.11 Å². The quantitative estimate of drug-likeness (QED) is 0.283. The van der Waals surface area contributed by atoms with Crippen LogP contribution in [0.15, 0.2) is 0 Å². The number of halogens is 4. The van der Waals surface area contributed by atoms with Crippen molar-refractivity contribution in [3.05, 3.63) is 0 Å². The van der Waals surface area contributed by atoms with Crippen LogP contribution in [0.5, 0.6) is 0 Å². The number of methoxy groups -OCH3 is 1. The van der Waals surface area contributed by atoms with Crippen LogP contribution in [0.2, 0.25) is 0 Å². The number of ether oxygens (including phenoxy) is 1. The zero-order valence-corrected chi connectivity index (χ0v) is 9.10. The zero-order chi connectivity index (χ0) is 14.4. The highest BCUT2D eigenvalue weighted by atomic mass is 19.4. The van der Waals surface area contributed by atoms with E-state index in [1.807, 2.05) is 5.92 Å². The van der Waals surface area contributed by atoms with Gasteiger partial charge < -0.3 is 15.2 Å². The predicted octanol–water partition coefficient (Wildman–Crippen LogP) is 0.108. The van der Waals surface area contributed by atoms with Crippen molar-refractivity contribution in [3.8, 4) is 11.8 Å². The van der Waals surface area contributed by atoms with E-state index in [1.54, 1.807) is 0 Å². The molecule has 0 atom stereocenters. The molecule has 0 saturated carbocycles. The van der Waals surface area contributed by atoms with E-state index in [0.29, 0.717) is 0 Å². The highest BCUT2D eigenvalue weighted by Gasteiger charge is 2.38. The summed E-state index contributed by atoms with van der Waals surface area (Å²) in [6.45, 7) is 0.383. The predicted molar refractivity (Wildman–Crippen MR) is 50.2 cm³/mol. The van der Waals surface area contributed by atoms with Gasteiger partial charge in [-0.05, 0) is 5.92 Å². The fraction of sp³-hybridized carbons (Fsp3) is 0.556. The summed E-state index contributed by atoms with van der Waals surface area (Å²) >= 11 is 0. The third-order valence-electron chi connectivity index (χ3n) is 1.63. The molecule has 1 aliphatic rings. The Labute approximate surface area is 99.1 Å². The maximum absolute atomic E-state index is 13.0. The first kappa shape index (κ1) is 16.2. The van der Waals surface area contributed by atoms with Crippen LogP contribution in [0.25, 0.3) is 0 Å². The number of carboxylic acids is 1. The van der Waals surface area contributed by atoms with Gasteiger partial charge in [0.15, 0.2) is 5.67 Å². The van der Waals surface area contributed by atoms with Gasteiger partial charge in [0.2, 0.25) is 0 Å². The molecule has 0 aliphatic carbocycles. The number of hydrogen-bond acceptors (Lipinski definition) is 4. The molecule has 0 unspecified atom stereocenters. The first-order valence-corrected chi connectivity index (χ1v) is 4.41. The minimum absolute atomic E-state index is 0.191. The van der Waals surface area contributed by atoms with Crippen LogP contribution in [0, 0.1) is 11.8 Å². The summed E-state index contributed by atoms with van der Waals surface area (Å²) in [5.74, 6) is 0.784. The number of hydrogen-bond donors (Lipinski definition) is 2. The van der Waals surface area contributed by atoms with E-state index in [4.69, 9.17) is 9.90 Å². The monoisotopic (exact) mass is 271 g/mol. The molecule has 0 bridgehead atoms. The molecule has 18 heavy (non-hydrogen) atoms. The molecule has 102 valence electrons. The van der Waals surface area contributed by atoms with Gasteiger partial charge >= 0.3 is 18.1 Å². The van der Waals surface area contributed by atoms with E-state index in [9.17, 15) is 22.4 Å². The molecule has 0 spiro atoms. The van der Waals surface area contributed by atoms with Crippen molar-refractivity contribution in [2.45, 2.75) is 11.8 Å². The number of carbonyl (C=O) groups is 2. The van der Waals surface area contributed by atoms with Crippen molar-refractivity contribution >= 4 is 11.9 Å². The first-order valence-electron chi connectivity index (χ1n) is 4.41. The van der Waals surface area contributed by atoms with Crippen LogP contribution in [0.3, 0.4) is 0 Å². The summed E-state index contributed by atoms with van der Waals surface area (Å²) in [6.07, 6.45) is -5.08. The minimum Gasteiger partial charge on any atom is -0.475 e. The van der Waals surface area contributed by atoms with Gasteiger partial charge in [-0.1, -0.05) is 0 Å². The number of alkyl halides is 4. The van der Waals surface area contributed by atoms with Gasteiger partial charge in [0.1, 0.15) is 0 Å². The zero-order valence-electron chi connectivity index (χ0n) is 9.10. The Morgan fingerprint density at radius 1 is 1.39 bits per heavy atom. The summed E-state index contributed by atoms with van der Waals surface area (Å²) in [5.41, 5.74) is -1.52. The Morgan fingerprint density at radius 3 is 2.06 bits per heavy atom. The lowest BCUT2D eigenvalue weighted by Crippen LogP contribution is -2.55. The van der Waals surface area contributed by atoms with E-state index in [0.717, 1.165) is 0 Å². The third kappa shape index (κ3) is 6.05. The normalized spacial score (nSPS) is 16.1. The van der Waals surface area contributed by atoms with E-state index in [-0.39, 0.29) is 13.1 Å². The van der Waals surface area contributed by atoms with Crippen LogP contribution in [0.4, 0.5) is 17.6 Å². The maximum atomic E-state index is 13.0. The second-order valence-electron chi connectivity index (χ2n) is 3.11. The molecular formula is C9H9F4NO4. The lowest BCUT2D eigenvalue weighted by atomic mass is 10.0. The number of carboxylic acid groups (broad SMARTS) is 1. The van der Waals surface area contributed by atoms with Crippen molar-refractivity contribution in [1.82, 2.24) is 5.32 Å². The number of nitrogens with one attached hydrogen (secondary N) is 1. The maximum Gasteiger partial charge on any atom is 0.490 e. The van der Waals surface area contributed by atoms with Crippen LogP contribution in [-0.2, 0) is 14.3 Å². The molecular weight excluding hydrogens is 262 g/mol. The number of aliphatic carboxylic acids is 1. The molecule has 1 aliphatic heterocycles. The van der Waals surface area contributed by atoms with Crippen molar-refractivity contribution in [2.75, 3.05) is 20.2 Å². The molecule has 1 saturated heterocycles. The lowest BCUT2D eigenvalue weighted by molar-refractivity contribution is -0.192. The molecule has 0 radical (unpaired) electrons. The Bertz CT molecular complexity index is 378. The van der Waals surface area contributed by atoms with E-state index in [1.165, 1.54) is 7.11 Å². The summed E-state index contributed by atoms with van der Waals surface area (Å²) in [6, 6.07) is 0. The second kappa shape index (κ2) is 6.20. The second-order valence-corrected chi connectivity index (χ2v) is 3.11. The first-order chi connectivity index (χ1) is 8.10. The largest absolute Gasteiger partial charge is 0.490 e. The van der Waals surface area contributed by atoms with Crippen molar-refractivity contribution in [3.63, 3.8) is 0 Å². The summed E-state index contributed by atoms with van der Waals surface area (Å²) in [7, 11) is 1.21. The van der Waals surface area contributed by atoms with Gasteiger partial charge in [0.25, 0.3) is 0 Å². The standard InChI is InChI=1S/C7H8FNO2.C2HF3O2/c1-11-6(10)2-3-7(8)4-9-5-7;3-2(4,5)1(6)7/h9H,4-5H2,1H3;(H,6,7). The van der Waals surface area contributed by atoms with Crippen molar-refractivity contribution < 1.29 is 37.0 Å². The van der Waals surface area contributed by atoms with Crippen LogP contribution < -0.4 is 5.32 Å². The molecule has 1 heterocycles. The van der Waals surface area contributed by atoms with Gasteiger partial charge in [-0.15, -0.1) is 0 Å². The van der Waals surface area contributed by atoms with E-state index >= 15 is 0 Å². The summed E-state index contributed by atoms with van der Waals surface area (Å²) in [5, 5.41) is 9.84. The topological polar surface area (TPSA) is 75.6 Å².